The Labute approximate surface area is 141 Å². The van der Waals surface area contributed by atoms with Crippen LogP contribution in [0, 0.1) is 0 Å². The maximum Gasteiger partial charge on any atom is 0.194 e. The van der Waals surface area contributed by atoms with Gasteiger partial charge in [0.25, 0.3) is 0 Å². The third-order valence-corrected chi connectivity index (χ3v) is 4.97. The van der Waals surface area contributed by atoms with Gasteiger partial charge in [0.2, 0.25) is 0 Å². The Hall–Kier alpha value is -2.74. The number of hydrogen-bond acceptors (Lipinski definition) is 2. The molecule has 0 bridgehead atoms. The van der Waals surface area contributed by atoms with Crippen LogP contribution in [-0.4, -0.2) is 11.6 Å². The van der Waals surface area contributed by atoms with E-state index in [2.05, 4.69) is 13.8 Å². The summed E-state index contributed by atoms with van der Waals surface area (Å²) >= 11 is 0. The summed E-state index contributed by atoms with van der Waals surface area (Å²) in [5.41, 5.74) is 4.46. The van der Waals surface area contributed by atoms with E-state index in [0.29, 0.717) is 22.3 Å². The van der Waals surface area contributed by atoms with Crippen LogP contribution in [-0.2, 0) is 12.8 Å². The van der Waals surface area contributed by atoms with E-state index in [1.165, 1.54) is 0 Å². The zero-order valence-electron chi connectivity index (χ0n) is 13.8. The first-order chi connectivity index (χ1) is 11.6. The SMILES string of the molecule is CCc1cc2c(cc1CC)C(=O)c1cc3ccccc3cc1C2=O. The van der Waals surface area contributed by atoms with Crippen molar-refractivity contribution in [1.82, 2.24) is 0 Å². The van der Waals surface area contributed by atoms with Gasteiger partial charge >= 0.3 is 0 Å². The smallest absolute Gasteiger partial charge is 0.194 e. The summed E-state index contributed by atoms with van der Waals surface area (Å²) in [5.74, 6) is -0.0783. The summed E-state index contributed by atoms with van der Waals surface area (Å²) in [6.07, 6.45) is 1.73. The Balaban J connectivity index is 2.00. The summed E-state index contributed by atoms with van der Waals surface area (Å²) < 4.78 is 0. The fourth-order valence-electron chi connectivity index (χ4n) is 3.63. The molecule has 1 aliphatic carbocycles. The Bertz CT molecular complexity index is 930. The van der Waals surface area contributed by atoms with Crippen LogP contribution in [0.15, 0.2) is 48.5 Å². The number of carbonyl (C=O) groups is 2. The van der Waals surface area contributed by atoms with Crippen LogP contribution >= 0.6 is 0 Å². The van der Waals surface area contributed by atoms with Crippen LogP contribution in [0.5, 0.6) is 0 Å². The Morgan fingerprint density at radius 3 is 1.38 bits per heavy atom. The second-order valence-electron chi connectivity index (χ2n) is 6.28. The van der Waals surface area contributed by atoms with Crippen LogP contribution < -0.4 is 0 Å². The summed E-state index contributed by atoms with van der Waals surface area (Å²) in [6, 6.07) is 15.4. The number of carbonyl (C=O) groups excluding carboxylic acids is 2. The van der Waals surface area contributed by atoms with Crippen molar-refractivity contribution in [2.75, 3.05) is 0 Å². The molecule has 0 N–H and O–H groups in total. The molecule has 4 rings (SSSR count). The molecule has 0 aromatic heterocycles. The van der Waals surface area contributed by atoms with Gasteiger partial charge in [-0.3, -0.25) is 9.59 Å². The van der Waals surface area contributed by atoms with Crippen molar-refractivity contribution in [2.24, 2.45) is 0 Å². The number of ketones is 2. The van der Waals surface area contributed by atoms with Crippen LogP contribution in [0.2, 0.25) is 0 Å². The number of fused-ring (bicyclic) bond motifs is 3. The molecule has 0 radical (unpaired) electrons. The van der Waals surface area contributed by atoms with Gasteiger partial charge in [-0.1, -0.05) is 38.1 Å². The van der Waals surface area contributed by atoms with Crippen molar-refractivity contribution < 1.29 is 9.59 Å². The summed E-state index contributed by atoms with van der Waals surface area (Å²) in [5, 5.41) is 1.98. The fourth-order valence-corrected chi connectivity index (χ4v) is 3.63. The van der Waals surface area contributed by atoms with Crippen LogP contribution in [0.3, 0.4) is 0 Å². The van der Waals surface area contributed by atoms with Gasteiger partial charge < -0.3 is 0 Å². The predicted molar refractivity (Wildman–Crippen MR) is 96.0 cm³/mol. The summed E-state index contributed by atoms with van der Waals surface area (Å²) in [6.45, 7) is 4.16. The van der Waals surface area contributed by atoms with Gasteiger partial charge in [0.05, 0.1) is 0 Å². The second-order valence-corrected chi connectivity index (χ2v) is 6.28. The molecule has 0 amide bonds. The van der Waals surface area contributed by atoms with E-state index in [-0.39, 0.29) is 11.6 Å². The van der Waals surface area contributed by atoms with E-state index in [9.17, 15) is 9.59 Å². The predicted octanol–water partition coefficient (Wildman–Crippen LogP) is 4.74. The second kappa shape index (κ2) is 5.41. The number of benzene rings is 3. The molecule has 0 saturated carbocycles. The third-order valence-electron chi connectivity index (χ3n) is 4.97. The number of hydrogen-bond donors (Lipinski definition) is 0. The molecular formula is C22H18O2. The lowest BCUT2D eigenvalue weighted by atomic mass is 9.80. The van der Waals surface area contributed by atoms with Gasteiger partial charge in [0, 0.05) is 22.3 Å². The monoisotopic (exact) mass is 314 g/mol. The fraction of sp³-hybridized carbons (Fsp3) is 0.182. The molecule has 3 aromatic rings. The summed E-state index contributed by atoms with van der Waals surface area (Å²) in [4.78, 5) is 26.0. The minimum absolute atomic E-state index is 0.0392. The van der Waals surface area contributed by atoms with Crippen LogP contribution in [0.4, 0.5) is 0 Å². The van der Waals surface area contributed by atoms with Crippen molar-refractivity contribution in [1.29, 1.82) is 0 Å². The van der Waals surface area contributed by atoms with Gasteiger partial charge in [-0.2, -0.15) is 0 Å². The molecule has 1 aliphatic rings. The number of rotatable bonds is 2. The Kier molecular flexibility index (Phi) is 3.34. The molecule has 24 heavy (non-hydrogen) atoms. The molecule has 3 aromatic carbocycles. The Morgan fingerprint density at radius 2 is 1.00 bits per heavy atom. The van der Waals surface area contributed by atoms with Crippen molar-refractivity contribution in [3.05, 3.63) is 81.9 Å². The number of aryl methyl sites for hydroxylation is 2. The quantitative estimate of drug-likeness (QED) is 0.535. The molecule has 2 nitrogen and oxygen atoms in total. The van der Waals surface area contributed by atoms with Gasteiger partial charge in [-0.25, -0.2) is 0 Å². The highest BCUT2D eigenvalue weighted by atomic mass is 16.1. The first kappa shape index (κ1) is 14.8. The van der Waals surface area contributed by atoms with Crippen LogP contribution in [0.25, 0.3) is 10.8 Å². The third kappa shape index (κ3) is 2.03. The normalized spacial score (nSPS) is 13.1. The molecule has 0 aliphatic heterocycles. The molecule has 0 fully saturated rings. The van der Waals surface area contributed by atoms with Gasteiger partial charge in [0.1, 0.15) is 0 Å². The zero-order valence-corrected chi connectivity index (χ0v) is 13.8. The maximum atomic E-state index is 13.0. The Morgan fingerprint density at radius 1 is 0.625 bits per heavy atom. The average Bonchev–Trinajstić information content (AvgIpc) is 2.63. The average molecular weight is 314 g/mol. The van der Waals surface area contributed by atoms with E-state index >= 15 is 0 Å². The zero-order chi connectivity index (χ0) is 16.8. The molecule has 0 atom stereocenters. The van der Waals surface area contributed by atoms with E-state index in [1.807, 2.05) is 48.5 Å². The van der Waals surface area contributed by atoms with Crippen molar-refractivity contribution in [3.8, 4) is 0 Å². The largest absolute Gasteiger partial charge is 0.289 e. The molecule has 118 valence electrons. The molecule has 2 heteroatoms. The molecule has 0 saturated heterocycles. The lowest BCUT2D eigenvalue weighted by molar-refractivity contribution is 0.0979. The topological polar surface area (TPSA) is 34.1 Å². The lowest BCUT2D eigenvalue weighted by Crippen LogP contribution is -2.22. The highest BCUT2D eigenvalue weighted by molar-refractivity contribution is 6.29. The van der Waals surface area contributed by atoms with Gasteiger partial charge in [-0.15, -0.1) is 0 Å². The molecule has 0 heterocycles. The molecule has 0 spiro atoms. The van der Waals surface area contributed by atoms with E-state index in [0.717, 1.165) is 34.7 Å². The first-order valence-electron chi connectivity index (χ1n) is 8.42. The highest BCUT2D eigenvalue weighted by Crippen LogP contribution is 2.32. The molecular weight excluding hydrogens is 296 g/mol. The van der Waals surface area contributed by atoms with Crippen molar-refractivity contribution >= 4 is 22.3 Å². The van der Waals surface area contributed by atoms with Crippen molar-refractivity contribution in [3.63, 3.8) is 0 Å². The van der Waals surface area contributed by atoms with E-state index < -0.39 is 0 Å². The van der Waals surface area contributed by atoms with Crippen LogP contribution in [0.1, 0.15) is 56.8 Å². The standard InChI is InChI=1S/C22H18O2/c1-3-13-9-17-18(10-14(13)4-2)22(24)20-12-16-8-6-5-7-15(16)11-19(20)21(17)23/h5-12H,3-4H2,1-2H3. The summed E-state index contributed by atoms with van der Waals surface area (Å²) in [7, 11) is 0. The minimum atomic E-state index is -0.0392. The van der Waals surface area contributed by atoms with Gasteiger partial charge in [0.15, 0.2) is 11.6 Å². The maximum absolute atomic E-state index is 13.0. The van der Waals surface area contributed by atoms with Gasteiger partial charge in [-0.05, 0) is 59.0 Å². The lowest BCUT2D eigenvalue weighted by Gasteiger charge is -2.20. The van der Waals surface area contributed by atoms with E-state index in [1.54, 1.807) is 0 Å². The van der Waals surface area contributed by atoms with E-state index in [4.69, 9.17) is 0 Å². The first-order valence-corrected chi connectivity index (χ1v) is 8.42. The minimum Gasteiger partial charge on any atom is -0.289 e. The van der Waals surface area contributed by atoms with Crippen molar-refractivity contribution in [2.45, 2.75) is 26.7 Å². The molecule has 0 unspecified atom stereocenters. The highest BCUT2D eigenvalue weighted by Gasteiger charge is 2.30.